The molecule has 4 aromatic rings. The van der Waals surface area contributed by atoms with Crippen LogP contribution >= 0.6 is 11.8 Å². The maximum atomic E-state index is 6.07. The van der Waals surface area contributed by atoms with E-state index in [4.69, 9.17) is 10.3 Å². The van der Waals surface area contributed by atoms with Crippen LogP contribution in [0.3, 0.4) is 0 Å². The Hall–Kier alpha value is -3.06. The van der Waals surface area contributed by atoms with Gasteiger partial charge in [-0.05, 0) is 19.1 Å². The van der Waals surface area contributed by atoms with Crippen molar-refractivity contribution in [2.24, 2.45) is 0 Å². The van der Waals surface area contributed by atoms with Gasteiger partial charge in [-0.3, -0.25) is 0 Å². The van der Waals surface area contributed by atoms with Gasteiger partial charge in [0.15, 0.2) is 5.16 Å². The highest BCUT2D eigenvalue weighted by atomic mass is 32.2. The monoisotopic (exact) mass is 363 g/mol. The lowest BCUT2D eigenvalue weighted by Crippen LogP contribution is -2.08. The molecule has 2 N–H and O–H groups in total. The third kappa shape index (κ3) is 3.34. The maximum absolute atomic E-state index is 6.07. The van der Waals surface area contributed by atoms with Crippen molar-refractivity contribution < 1.29 is 4.42 Å². The average Bonchev–Trinajstić information content (AvgIpc) is 3.31. The van der Waals surface area contributed by atoms with Gasteiger partial charge in [0.1, 0.15) is 0 Å². The van der Waals surface area contributed by atoms with Crippen LogP contribution < -0.4 is 5.84 Å². The molecule has 0 spiro atoms. The van der Waals surface area contributed by atoms with Gasteiger partial charge in [0.25, 0.3) is 0 Å². The van der Waals surface area contributed by atoms with Gasteiger partial charge in [-0.25, -0.2) is 9.66 Å². The minimum atomic E-state index is -0.0757. The van der Waals surface area contributed by atoms with E-state index in [-0.39, 0.29) is 5.25 Å². The molecule has 0 saturated heterocycles. The second-order valence-electron chi connectivity index (χ2n) is 5.75. The summed E-state index contributed by atoms with van der Waals surface area (Å²) in [7, 11) is 0. The van der Waals surface area contributed by atoms with Crippen molar-refractivity contribution in [3.8, 4) is 22.7 Å². The lowest BCUT2D eigenvalue weighted by molar-refractivity contribution is 0.509. The van der Waals surface area contributed by atoms with Crippen LogP contribution in [0.1, 0.15) is 18.1 Å². The fourth-order valence-electron chi connectivity index (χ4n) is 2.52. The fourth-order valence-corrected chi connectivity index (χ4v) is 3.35. The van der Waals surface area contributed by atoms with Crippen LogP contribution in [0, 0.1) is 0 Å². The fraction of sp³-hybridized carbons (Fsp3) is 0.105. The molecule has 2 aromatic heterocycles. The van der Waals surface area contributed by atoms with E-state index in [1.54, 1.807) is 0 Å². The van der Waals surface area contributed by atoms with Crippen LogP contribution in [0.25, 0.3) is 22.7 Å². The number of nitrogens with two attached hydrogens (primary N) is 1. The molecule has 6 nitrogen and oxygen atoms in total. The summed E-state index contributed by atoms with van der Waals surface area (Å²) in [5, 5.41) is 8.92. The van der Waals surface area contributed by atoms with Crippen molar-refractivity contribution in [1.29, 1.82) is 0 Å². The van der Waals surface area contributed by atoms with E-state index in [9.17, 15) is 0 Å². The topological polar surface area (TPSA) is 82.8 Å². The first-order chi connectivity index (χ1) is 12.7. The number of nitrogen functional groups attached to an aromatic ring is 1. The quantitative estimate of drug-likeness (QED) is 0.423. The molecule has 0 aliphatic heterocycles. The Morgan fingerprint density at radius 3 is 2.31 bits per heavy atom. The molecule has 7 heteroatoms. The standard InChI is InChI=1S/C19H17N5OS/c1-13(17-22-23-18(25-17)15-10-6-3-7-11-15)26-19-21-16(12-24(19)20)14-8-4-2-5-9-14/h2-13H,20H2,1H3. The molecule has 1 atom stereocenters. The van der Waals surface area contributed by atoms with Crippen LogP contribution in [0.15, 0.2) is 76.4 Å². The van der Waals surface area contributed by atoms with E-state index < -0.39 is 0 Å². The number of thioether (sulfide) groups is 1. The van der Waals surface area contributed by atoms with Gasteiger partial charge in [-0.2, -0.15) is 0 Å². The van der Waals surface area contributed by atoms with Gasteiger partial charge < -0.3 is 10.3 Å². The van der Waals surface area contributed by atoms with Gasteiger partial charge in [0.2, 0.25) is 11.8 Å². The third-order valence-electron chi connectivity index (χ3n) is 3.86. The molecule has 0 bridgehead atoms. The van der Waals surface area contributed by atoms with Crippen LogP contribution in [0.4, 0.5) is 0 Å². The molecule has 2 heterocycles. The number of rotatable bonds is 5. The van der Waals surface area contributed by atoms with Crippen molar-refractivity contribution in [3.05, 3.63) is 72.8 Å². The minimum absolute atomic E-state index is 0.0757. The molecule has 4 rings (SSSR count). The lowest BCUT2D eigenvalue weighted by Gasteiger charge is -2.05. The predicted molar refractivity (Wildman–Crippen MR) is 102 cm³/mol. The molecule has 0 amide bonds. The Kier molecular flexibility index (Phi) is 4.45. The molecule has 2 aromatic carbocycles. The number of imidazole rings is 1. The number of hydrogen-bond donors (Lipinski definition) is 1. The number of hydrogen-bond acceptors (Lipinski definition) is 6. The summed E-state index contributed by atoms with van der Waals surface area (Å²) >= 11 is 1.48. The largest absolute Gasteiger partial charge is 0.419 e. The zero-order valence-electron chi connectivity index (χ0n) is 14.1. The normalized spacial score (nSPS) is 12.2. The van der Waals surface area contributed by atoms with Crippen LogP contribution in [-0.2, 0) is 0 Å². The zero-order chi connectivity index (χ0) is 17.9. The van der Waals surface area contributed by atoms with E-state index in [0.29, 0.717) is 16.9 Å². The average molecular weight is 363 g/mol. The highest BCUT2D eigenvalue weighted by Crippen LogP contribution is 2.35. The van der Waals surface area contributed by atoms with Crippen molar-refractivity contribution in [3.63, 3.8) is 0 Å². The smallest absolute Gasteiger partial charge is 0.247 e. The van der Waals surface area contributed by atoms with Gasteiger partial charge in [-0.1, -0.05) is 60.3 Å². The van der Waals surface area contributed by atoms with Gasteiger partial charge in [-0.15, -0.1) is 10.2 Å². The van der Waals surface area contributed by atoms with Crippen molar-refractivity contribution >= 4 is 11.8 Å². The van der Waals surface area contributed by atoms with Gasteiger partial charge >= 0.3 is 0 Å². The van der Waals surface area contributed by atoms with E-state index >= 15 is 0 Å². The lowest BCUT2D eigenvalue weighted by atomic mass is 10.2. The summed E-state index contributed by atoms with van der Waals surface area (Å²) in [6.45, 7) is 1.99. The van der Waals surface area contributed by atoms with Crippen molar-refractivity contribution in [2.45, 2.75) is 17.3 Å². The summed E-state index contributed by atoms with van der Waals surface area (Å²) in [5.41, 5.74) is 2.75. The highest BCUT2D eigenvalue weighted by Gasteiger charge is 2.19. The van der Waals surface area contributed by atoms with Crippen LogP contribution in [-0.4, -0.2) is 19.9 Å². The van der Waals surface area contributed by atoms with E-state index in [2.05, 4.69) is 15.2 Å². The third-order valence-corrected chi connectivity index (χ3v) is 4.93. The molecule has 1 unspecified atom stereocenters. The number of aromatic nitrogens is 4. The Balaban J connectivity index is 1.53. The summed E-state index contributed by atoms with van der Waals surface area (Å²) < 4.78 is 7.34. The summed E-state index contributed by atoms with van der Waals surface area (Å²) in [5.74, 6) is 7.12. The van der Waals surface area contributed by atoms with Crippen LogP contribution in [0.5, 0.6) is 0 Å². The van der Waals surface area contributed by atoms with Gasteiger partial charge in [0.05, 0.1) is 17.1 Å². The molecule has 0 radical (unpaired) electrons. The maximum Gasteiger partial charge on any atom is 0.247 e. The first kappa shape index (κ1) is 16.4. The zero-order valence-corrected chi connectivity index (χ0v) is 14.9. The SMILES string of the molecule is CC(Sc1nc(-c2ccccc2)cn1N)c1nnc(-c2ccccc2)o1. The second-order valence-corrected chi connectivity index (χ2v) is 7.06. The summed E-state index contributed by atoms with van der Waals surface area (Å²) in [6.07, 6.45) is 1.81. The number of benzene rings is 2. The minimum Gasteiger partial charge on any atom is -0.419 e. The molecule has 0 aliphatic carbocycles. The molecule has 0 fully saturated rings. The van der Waals surface area contributed by atoms with E-state index in [1.807, 2.05) is 73.8 Å². The Morgan fingerprint density at radius 2 is 1.62 bits per heavy atom. The van der Waals surface area contributed by atoms with Crippen molar-refractivity contribution in [2.75, 3.05) is 5.84 Å². The van der Waals surface area contributed by atoms with E-state index in [1.165, 1.54) is 16.4 Å². The molecule has 26 heavy (non-hydrogen) atoms. The van der Waals surface area contributed by atoms with Crippen molar-refractivity contribution in [1.82, 2.24) is 19.9 Å². The molecule has 0 saturated carbocycles. The summed E-state index contributed by atoms with van der Waals surface area (Å²) in [4.78, 5) is 4.62. The molecule has 130 valence electrons. The molecule has 0 aliphatic rings. The first-order valence-electron chi connectivity index (χ1n) is 8.16. The highest BCUT2D eigenvalue weighted by molar-refractivity contribution is 7.99. The second kappa shape index (κ2) is 7.05. The predicted octanol–water partition coefficient (Wildman–Crippen LogP) is 4.17. The Labute approximate surface area is 155 Å². The molecular weight excluding hydrogens is 346 g/mol. The Bertz CT molecular complexity index is 997. The number of nitrogens with zero attached hydrogens (tertiary/aromatic N) is 4. The van der Waals surface area contributed by atoms with Gasteiger partial charge in [0, 0.05) is 11.1 Å². The Morgan fingerprint density at radius 1 is 0.962 bits per heavy atom. The van der Waals surface area contributed by atoms with Crippen LogP contribution in [0.2, 0.25) is 0 Å². The van der Waals surface area contributed by atoms with E-state index in [0.717, 1.165) is 16.8 Å². The summed E-state index contributed by atoms with van der Waals surface area (Å²) in [6, 6.07) is 19.6. The first-order valence-corrected chi connectivity index (χ1v) is 9.04. The molecular formula is C19H17N5OS.